The highest BCUT2D eigenvalue weighted by Crippen LogP contribution is 1.99. The Kier molecular flexibility index (Phi) is 3.83. The Hall–Kier alpha value is -0.0800. The Morgan fingerprint density at radius 2 is 2.25 bits per heavy atom. The lowest BCUT2D eigenvalue weighted by Crippen LogP contribution is -2.11. The van der Waals surface area contributed by atoms with Crippen molar-refractivity contribution in [2.24, 2.45) is 5.92 Å². The molecule has 1 unspecified atom stereocenters. The van der Waals surface area contributed by atoms with E-state index in [9.17, 15) is 9.59 Å². The van der Waals surface area contributed by atoms with E-state index in [0.717, 1.165) is 0 Å². The highest BCUT2D eigenvalue weighted by Gasteiger charge is 2.11. The standard InChI is InChI=1S/C4H4Cl2O2/c5-1-3(2-7)4(6)8/h2-3H,1H2. The van der Waals surface area contributed by atoms with Gasteiger partial charge in [-0.25, -0.2) is 0 Å². The number of halogens is 2. The average molecular weight is 155 g/mol. The van der Waals surface area contributed by atoms with Crippen LogP contribution in [0.3, 0.4) is 0 Å². The molecule has 0 radical (unpaired) electrons. The molecule has 0 spiro atoms. The summed E-state index contributed by atoms with van der Waals surface area (Å²) in [7, 11) is 0. The molecule has 0 aliphatic carbocycles. The van der Waals surface area contributed by atoms with Crippen LogP contribution in [0.4, 0.5) is 0 Å². The summed E-state index contributed by atoms with van der Waals surface area (Å²) in [5.41, 5.74) is 0. The van der Waals surface area contributed by atoms with Crippen LogP contribution in [0.15, 0.2) is 0 Å². The number of rotatable bonds is 3. The molecule has 0 aromatic rings. The van der Waals surface area contributed by atoms with E-state index in [1.54, 1.807) is 0 Å². The first kappa shape index (κ1) is 7.92. The fourth-order valence-electron chi connectivity index (χ4n) is 0.151. The maximum Gasteiger partial charge on any atom is 0.233 e. The molecule has 4 heteroatoms. The van der Waals surface area contributed by atoms with Crippen LogP contribution in [0, 0.1) is 5.92 Å². The maximum absolute atomic E-state index is 10.1. The lowest BCUT2D eigenvalue weighted by molar-refractivity contribution is -0.120. The average Bonchev–Trinajstić information content (AvgIpc) is 1.69. The summed E-state index contributed by atoms with van der Waals surface area (Å²) in [4.78, 5) is 19.8. The van der Waals surface area contributed by atoms with Crippen molar-refractivity contribution in [1.29, 1.82) is 0 Å². The lowest BCUT2D eigenvalue weighted by Gasteiger charge is -1.93. The van der Waals surface area contributed by atoms with Crippen LogP contribution in [-0.2, 0) is 9.59 Å². The predicted octanol–water partition coefficient (Wildman–Crippen LogP) is 0.806. The molecule has 8 heavy (non-hydrogen) atoms. The van der Waals surface area contributed by atoms with Gasteiger partial charge in [-0.3, -0.25) is 4.79 Å². The second kappa shape index (κ2) is 3.87. The molecule has 0 aromatic carbocycles. The Morgan fingerprint density at radius 1 is 1.75 bits per heavy atom. The van der Waals surface area contributed by atoms with Gasteiger partial charge in [0.2, 0.25) is 5.24 Å². The molecule has 0 aromatic heterocycles. The Bertz CT molecular complexity index is 102. The maximum atomic E-state index is 10.1. The van der Waals surface area contributed by atoms with Gasteiger partial charge < -0.3 is 4.79 Å². The largest absolute Gasteiger partial charge is 0.302 e. The van der Waals surface area contributed by atoms with Gasteiger partial charge in [-0.2, -0.15) is 0 Å². The van der Waals surface area contributed by atoms with E-state index in [1.807, 2.05) is 0 Å². The zero-order chi connectivity index (χ0) is 6.57. The minimum atomic E-state index is -0.835. The van der Waals surface area contributed by atoms with E-state index in [0.29, 0.717) is 6.29 Å². The number of hydrogen-bond acceptors (Lipinski definition) is 2. The van der Waals surface area contributed by atoms with Crippen molar-refractivity contribution in [2.75, 3.05) is 5.88 Å². The van der Waals surface area contributed by atoms with E-state index in [2.05, 4.69) is 0 Å². The third-order valence-electron chi connectivity index (χ3n) is 0.622. The molecule has 46 valence electrons. The van der Waals surface area contributed by atoms with Gasteiger partial charge in [0.05, 0.1) is 0 Å². The summed E-state index contributed by atoms with van der Waals surface area (Å²) in [5, 5.41) is -0.699. The highest BCUT2D eigenvalue weighted by molar-refractivity contribution is 6.65. The summed E-state index contributed by atoms with van der Waals surface area (Å²) >= 11 is 10.0. The summed E-state index contributed by atoms with van der Waals surface area (Å²) in [6.07, 6.45) is 0.433. The van der Waals surface area contributed by atoms with Crippen molar-refractivity contribution in [1.82, 2.24) is 0 Å². The van der Waals surface area contributed by atoms with Crippen LogP contribution in [0.5, 0.6) is 0 Å². The molecule has 0 heterocycles. The molecule has 0 saturated carbocycles. The number of aldehydes is 1. The highest BCUT2D eigenvalue weighted by atomic mass is 35.5. The van der Waals surface area contributed by atoms with Crippen LogP contribution in [0.2, 0.25) is 0 Å². The molecule has 0 bridgehead atoms. The van der Waals surface area contributed by atoms with Gasteiger partial charge in [-0.15, -0.1) is 11.6 Å². The first-order chi connectivity index (χ1) is 3.72. The quantitative estimate of drug-likeness (QED) is 0.261. The van der Waals surface area contributed by atoms with Gasteiger partial charge >= 0.3 is 0 Å². The SMILES string of the molecule is O=CC(CCl)C(=O)Cl. The Morgan fingerprint density at radius 3 is 2.25 bits per heavy atom. The molecule has 0 rings (SSSR count). The molecule has 0 saturated heterocycles. The summed E-state index contributed by atoms with van der Waals surface area (Å²) < 4.78 is 0. The fraction of sp³-hybridized carbons (Fsp3) is 0.500. The van der Waals surface area contributed by atoms with Gasteiger partial charge in [0.1, 0.15) is 12.2 Å². The van der Waals surface area contributed by atoms with Gasteiger partial charge in [-0.05, 0) is 11.6 Å². The minimum absolute atomic E-state index is 0.0359. The summed E-state index contributed by atoms with van der Waals surface area (Å²) in [6.45, 7) is 0. The van der Waals surface area contributed by atoms with Crippen molar-refractivity contribution >= 4 is 34.7 Å². The van der Waals surface area contributed by atoms with Crippen LogP contribution < -0.4 is 0 Å². The molecular weight excluding hydrogens is 151 g/mol. The smallest absolute Gasteiger partial charge is 0.233 e. The van der Waals surface area contributed by atoms with Crippen molar-refractivity contribution in [3.63, 3.8) is 0 Å². The predicted molar refractivity (Wildman–Crippen MR) is 31.1 cm³/mol. The molecule has 1 atom stereocenters. The first-order valence-electron chi connectivity index (χ1n) is 1.93. The Labute approximate surface area is 56.8 Å². The normalized spacial score (nSPS) is 12.8. The van der Waals surface area contributed by atoms with E-state index in [-0.39, 0.29) is 5.88 Å². The first-order valence-corrected chi connectivity index (χ1v) is 2.84. The number of hydrogen-bond donors (Lipinski definition) is 0. The second-order valence-electron chi connectivity index (χ2n) is 1.20. The lowest BCUT2D eigenvalue weighted by atomic mass is 10.2. The Balaban J connectivity index is 3.69. The van der Waals surface area contributed by atoms with Crippen molar-refractivity contribution in [3.8, 4) is 0 Å². The van der Waals surface area contributed by atoms with E-state index in [1.165, 1.54) is 0 Å². The van der Waals surface area contributed by atoms with Crippen molar-refractivity contribution in [2.45, 2.75) is 0 Å². The van der Waals surface area contributed by atoms with Crippen LogP contribution >= 0.6 is 23.2 Å². The van der Waals surface area contributed by atoms with Crippen LogP contribution in [0.1, 0.15) is 0 Å². The molecule has 2 nitrogen and oxygen atoms in total. The van der Waals surface area contributed by atoms with E-state index >= 15 is 0 Å². The minimum Gasteiger partial charge on any atom is -0.302 e. The third kappa shape index (κ3) is 2.28. The van der Waals surface area contributed by atoms with Crippen LogP contribution in [0.25, 0.3) is 0 Å². The fourth-order valence-corrected chi connectivity index (χ4v) is 0.571. The number of carbonyl (C=O) groups excluding carboxylic acids is 2. The zero-order valence-corrected chi connectivity index (χ0v) is 5.45. The molecule has 0 amide bonds. The van der Waals surface area contributed by atoms with Crippen molar-refractivity contribution in [3.05, 3.63) is 0 Å². The molecule has 0 N–H and O–H groups in total. The molecular formula is C4H4Cl2O2. The summed E-state index contributed by atoms with van der Waals surface area (Å²) in [6, 6.07) is 0. The van der Waals surface area contributed by atoms with Crippen molar-refractivity contribution < 1.29 is 9.59 Å². The zero-order valence-electron chi connectivity index (χ0n) is 3.93. The van der Waals surface area contributed by atoms with E-state index in [4.69, 9.17) is 23.2 Å². The second-order valence-corrected chi connectivity index (χ2v) is 1.88. The monoisotopic (exact) mass is 154 g/mol. The van der Waals surface area contributed by atoms with E-state index < -0.39 is 11.2 Å². The molecule has 0 fully saturated rings. The number of alkyl halides is 1. The van der Waals surface area contributed by atoms with Gasteiger partial charge in [0, 0.05) is 5.88 Å². The van der Waals surface area contributed by atoms with Gasteiger partial charge in [0.15, 0.2) is 0 Å². The summed E-state index contributed by atoms with van der Waals surface area (Å²) in [5.74, 6) is -0.871. The third-order valence-corrected chi connectivity index (χ3v) is 1.23. The van der Waals surface area contributed by atoms with Gasteiger partial charge in [-0.1, -0.05) is 0 Å². The molecule has 0 aliphatic heterocycles. The number of carbonyl (C=O) groups is 2. The molecule has 0 aliphatic rings. The van der Waals surface area contributed by atoms with Gasteiger partial charge in [0.25, 0.3) is 0 Å². The topological polar surface area (TPSA) is 34.1 Å². The van der Waals surface area contributed by atoms with Crippen LogP contribution in [-0.4, -0.2) is 17.4 Å².